The molecular weight excluding hydrogens is 128 g/mol. The Bertz CT molecular complexity index is 77.3. The maximum Gasteiger partial charge on any atom is 0.0643 e. The van der Waals surface area contributed by atoms with Crippen LogP contribution in [0.15, 0.2) is 0 Å². The molecule has 0 fully saturated rings. The number of rotatable bonds is 5. The summed E-state index contributed by atoms with van der Waals surface area (Å²) in [6.45, 7) is 4.13. The lowest BCUT2D eigenvalue weighted by Crippen LogP contribution is -2.26. The van der Waals surface area contributed by atoms with Gasteiger partial charge in [0.05, 0.1) is 5.60 Å². The largest absolute Gasteiger partial charge is 0.396 e. The summed E-state index contributed by atoms with van der Waals surface area (Å²) >= 11 is 0. The fraction of sp³-hybridized carbons (Fsp3) is 1.00. The molecule has 0 aliphatic rings. The minimum atomic E-state index is -0.525. The minimum Gasteiger partial charge on any atom is -0.396 e. The molecule has 0 saturated carbocycles. The van der Waals surface area contributed by atoms with Crippen molar-refractivity contribution in [3.63, 3.8) is 0 Å². The van der Waals surface area contributed by atoms with Crippen LogP contribution in [0.3, 0.4) is 0 Å². The Morgan fingerprint density at radius 3 is 2.00 bits per heavy atom. The maximum absolute atomic E-state index is 9.65. The molecular formula is C8H18O2. The molecule has 2 heteroatoms. The molecule has 0 saturated heterocycles. The highest BCUT2D eigenvalue weighted by Gasteiger charge is 2.20. The van der Waals surface area contributed by atoms with Crippen molar-refractivity contribution in [2.45, 2.75) is 45.1 Å². The predicted molar refractivity (Wildman–Crippen MR) is 41.9 cm³/mol. The third-order valence-corrected chi connectivity index (χ3v) is 2.12. The molecule has 2 nitrogen and oxygen atoms in total. The molecule has 2 N–H and O–H groups in total. The van der Waals surface area contributed by atoms with Gasteiger partial charge in [-0.05, 0) is 25.7 Å². The molecule has 0 aromatic carbocycles. The van der Waals surface area contributed by atoms with Gasteiger partial charge in [0.2, 0.25) is 0 Å². The second-order valence-corrected chi connectivity index (χ2v) is 2.76. The third-order valence-electron chi connectivity index (χ3n) is 2.12. The zero-order valence-electron chi connectivity index (χ0n) is 6.93. The molecule has 0 aliphatic carbocycles. The first-order valence-corrected chi connectivity index (χ1v) is 4.01. The monoisotopic (exact) mass is 146 g/mol. The van der Waals surface area contributed by atoms with E-state index in [1.807, 2.05) is 13.8 Å². The number of hydrogen-bond acceptors (Lipinski definition) is 2. The van der Waals surface area contributed by atoms with Crippen LogP contribution in [0.4, 0.5) is 0 Å². The van der Waals surface area contributed by atoms with E-state index in [1.54, 1.807) is 0 Å². The van der Waals surface area contributed by atoms with Crippen LogP contribution in [-0.4, -0.2) is 22.4 Å². The minimum absolute atomic E-state index is 0.183. The molecule has 0 aromatic rings. The summed E-state index contributed by atoms with van der Waals surface area (Å²) in [7, 11) is 0. The zero-order valence-corrected chi connectivity index (χ0v) is 6.93. The first-order chi connectivity index (χ1) is 4.68. The zero-order chi connectivity index (χ0) is 8.04. The Morgan fingerprint density at radius 1 is 1.20 bits per heavy atom. The molecule has 0 bridgehead atoms. The SMILES string of the molecule is CCC(O)(CC)CCCO. The van der Waals surface area contributed by atoms with Crippen LogP contribution in [0, 0.1) is 0 Å². The average molecular weight is 146 g/mol. The van der Waals surface area contributed by atoms with Crippen LogP contribution in [0.25, 0.3) is 0 Å². The molecule has 0 spiro atoms. The second-order valence-electron chi connectivity index (χ2n) is 2.76. The molecule has 0 rings (SSSR count). The Kier molecular flexibility index (Phi) is 4.65. The van der Waals surface area contributed by atoms with Gasteiger partial charge < -0.3 is 10.2 Å². The summed E-state index contributed by atoms with van der Waals surface area (Å²) in [5, 5.41) is 18.2. The van der Waals surface area contributed by atoms with E-state index >= 15 is 0 Å². The standard InChI is InChI=1S/C8H18O2/c1-3-8(10,4-2)6-5-7-9/h9-10H,3-7H2,1-2H3. The van der Waals surface area contributed by atoms with Crippen molar-refractivity contribution in [2.75, 3.05) is 6.61 Å². The molecule has 0 amide bonds. The van der Waals surface area contributed by atoms with Gasteiger partial charge in [0.25, 0.3) is 0 Å². The van der Waals surface area contributed by atoms with Crippen molar-refractivity contribution in [1.29, 1.82) is 0 Å². The van der Waals surface area contributed by atoms with E-state index in [2.05, 4.69) is 0 Å². The first kappa shape index (κ1) is 9.92. The van der Waals surface area contributed by atoms with Gasteiger partial charge in [0.15, 0.2) is 0 Å². The van der Waals surface area contributed by atoms with Gasteiger partial charge in [-0.25, -0.2) is 0 Å². The Balaban J connectivity index is 3.58. The molecule has 0 aromatic heterocycles. The van der Waals surface area contributed by atoms with E-state index in [0.717, 1.165) is 19.3 Å². The van der Waals surface area contributed by atoms with Crippen molar-refractivity contribution in [3.8, 4) is 0 Å². The van der Waals surface area contributed by atoms with E-state index in [-0.39, 0.29) is 6.61 Å². The summed E-state index contributed by atoms with van der Waals surface area (Å²) in [4.78, 5) is 0. The summed E-state index contributed by atoms with van der Waals surface area (Å²) in [6.07, 6.45) is 2.99. The van der Waals surface area contributed by atoms with Gasteiger partial charge in [0, 0.05) is 6.61 Å². The van der Waals surface area contributed by atoms with Crippen LogP contribution in [0.1, 0.15) is 39.5 Å². The van der Waals surface area contributed by atoms with Crippen LogP contribution in [0.5, 0.6) is 0 Å². The lowest BCUT2D eigenvalue weighted by molar-refractivity contribution is 0.0176. The normalized spacial score (nSPS) is 12.0. The van der Waals surface area contributed by atoms with Crippen molar-refractivity contribution >= 4 is 0 Å². The van der Waals surface area contributed by atoms with Crippen molar-refractivity contribution in [3.05, 3.63) is 0 Å². The second kappa shape index (κ2) is 4.69. The highest BCUT2D eigenvalue weighted by molar-refractivity contribution is 4.73. The summed E-state index contributed by atoms with van der Waals surface area (Å²) in [5.74, 6) is 0. The molecule has 0 atom stereocenters. The maximum atomic E-state index is 9.65. The van der Waals surface area contributed by atoms with Gasteiger partial charge in [0.1, 0.15) is 0 Å². The highest BCUT2D eigenvalue weighted by atomic mass is 16.3. The van der Waals surface area contributed by atoms with E-state index in [1.165, 1.54) is 0 Å². The first-order valence-electron chi connectivity index (χ1n) is 4.01. The molecule has 0 heterocycles. The van der Waals surface area contributed by atoms with E-state index in [0.29, 0.717) is 6.42 Å². The van der Waals surface area contributed by atoms with Gasteiger partial charge in [-0.2, -0.15) is 0 Å². The van der Waals surface area contributed by atoms with Crippen LogP contribution in [-0.2, 0) is 0 Å². The van der Waals surface area contributed by atoms with E-state index in [4.69, 9.17) is 5.11 Å². The van der Waals surface area contributed by atoms with Crippen LogP contribution >= 0.6 is 0 Å². The number of hydrogen-bond donors (Lipinski definition) is 2. The lowest BCUT2D eigenvalue weighted by Gasteiger charge is -2.24. The van der Waals surface area contributed by atoms with Gasteiger partial charge in [-0.3, -0.25) is 0 Å². The Hall–Kier alpha value is -0.0800. The number of aliphatic hydroxyl groups excluding tert-OH is 1. The Labute approximate surface area is 62.9 Å². The Morgan fingerprint density at radius 2 is 1.70 bits per heavy atom. The van der Waals surface area contributed by atoms with Gasteiger partial charge in [-0.15, -0.1) is 0 Å². The summed E-state index contributed by atoms with van der Waals surface area (Å²) < 4.78 is 0. The number of aliphatic hydroxyl groups is 2. The molecule has 0 unspecified atom stereocenters. The molecule has 10 heavy (non-hydrogen) atoms. The molecule has 0 aliphatic heterocycles. The molecule has 0 radical (unpaired) electrons. The molecule has 62 valence electrons. The van der Waals surface area contributed by atoms with E-state index in [9.17, 15) is 5.11 Å². The average Bonchev–Trinajstić information content (AvgIpc) is 2.00. The highest BCUT2D eigenvalue weighted by Crippen LogP contribution is 2.20. The lowest BCUT2D eigenvalue weighted by atomic mass is 9.92. The van der Waals surface area contributed by atoms with Crippen molar-refractivity contribution in [2.24, 2.45) is 0 Å². The smallest absolute Gasteiger partial charge is 0.0643 e. The fourth-order valence-electron chi connectivity index (χ4n) is 1.01. The van der Waals surface area contributed by atoms with Crippen molar-refractivity contribution < 1.29 is 10.2 Å². The van der Waals surface area contributed by atoms with Crippen LogP contribution < -0.4 is 0 Å². The topological polar surface area (TPSA) is 40.5 Å². The summed E-state index contributed by atoms with van der Waals surface area (Å²) in [5.41, 5.74) is -0.525. The predicted octanol–water partition coefficient (Wildman–Crippen LogP) is 1.31. The fourth-order valence-corrected chi connectivity index (χ4v) is 1.01. The summed E-state index contributed by atoms with van der Waals surface area (Å²) in [6, 6.07) is 0. The van der Waals surface area contributed by atoms with E-state index < -0.39 is 5.60 Å². The third kappa shape index (κ3) is 3.18. The van der Waals surface area contributed by atoms with Gasteiger partial charge >= 0.3 is 0 Å². The van der Waals surface area contributed by atoms with Crippen LogP contribution in [0.2, 0.25) is 0 Å². The van der Waals surface area contributed by atoms with Gasteiger partial charge in [-0.1, -0.05) is 13.8 Å². The van der Waals surface area contributed by atoms with Crippen molar-refractivity contribution in [1.82, 2.24) is 0 Å². The quantitative estimate of drug-likeness (QED) is 0.614.